The molecular formula is C24H17ClFN3O5. The molecule has 34 heavy (non-hydrogen) atoms. The van der Waals surface area contributed by atoms with Crippen LogP contribution in [0.3, 0.4) is 0 Å². The molecule has 0 bridgehead atoms. The molecule has 1 aliphatic rings. The van der Waals surface area contributed by atoms with Crippen molar-refractivity contribution < 1.29 is 24.0 Å². The molecule has 1 aromatic heterocycles. The molecule has 2 N–H and O–H groups in total. The third-order valence-electron chi connectivity index (χ3n) is 6.03. The van der Waals surface area contributed by atoms with Crippen LogP contribution in [0.25, 0.3) is 10.9 Å². The van der Waals surface area contributed by atoms with Crippen LogP contribution in [0, 0.1) is 15.9 Å². The molecule has 0 fully saturated rings. The van der Waals surface area contributed by atoms with Crippen molar-refractivity contribution in [3.05, 3.63) is 104 Å². The minimum Gasteiger partial charge on any atom is -0.497 e. The third-order valence-corrected chi connectivity index (χ3v) is 6.36. The van der Waals surface area contributed by atoms with Crippen molar-refractivity contribution in [1.82, 2.24) is 9.88 Å². The molecule has 1 unspecified atom stereocenters. The second-order valence-electron chi connectivity index (χ2n) is 7.88. The van der Waals surface area contributed by atoms with Crippen LogP contribution in [0.1, 0.15) is 27.0 Å². The second-order valence-corrected chi connectivity index (χ2v) is 8.28. The molecule has 172 valence electrons. The van der Waals surface area contributed by atoms with E-state index < -0.39 is 28.1 Å². The van der Waals surface area contributed by atoms with E-state index in [2.05, 4.69) is 4.98 Å². The van der Waals surface area contributed by atoms with Gasteiger partial charge in [-0.25, -0.2) is 4.39 Å². The van der Waals surface area contributed by atoms with Gasteiger partial charge < -0.3 is 14.8 Å². The van der Waals surface area contributed by atoms with Gasteiger partial charge in [0, 0.05) is 34.8 Å². The summed E-state index contributed by atoms with van der Waals surface area (Å²) in [4.78, 5) is 29.1. The summed E-state index contributed by atoms with van der Waals surface area (Å²) in [6.07, 6.45) is 1.54. The monoisotopic (exact) mass is 481 g/mol. The first-order valence-electron chi connectivity index (χ1n) is 10.2. The van der Waals surface area contributed by atoms with E-state index in [1.807, 2.05) is 0 Å². The van der Waals surface area contributed by atoms with Crippen molar-refractivity contribution in [2.45, 2.75) is 12.3 Å². The predicted octanol–water partition coefficient (Wildman–Crippen LogP) is 4.73. The lowest BCUT2D eigenvalue weighted by Crippen LogP contribution is -2.44. The van der Waals surface area contributed by atoms with E-state index in [0.717, 1.165) is 17.0 Å². The number of halogens is 2. The number of methoxy groups -OCH3 is 1. The second kappa shape index (κ2) is 7.82. The van der Waals surface area contributed by atoms with Gasteiger partial charge in [-0.15, -0.1) is 0 Å². The Hall–Kier alpha value is -3.95. The molecule has 2 heterocycles. The highest BCUT2D eigenvalue weighted by Gasteiger charge is 2.55. The largest absolute Gasteiger partial charge is 0.497 e. The molecule has 8 nitrogen and oxygen atoms in total. The number of carbonyl (C=O) groups is 1. The van der Waals surface area contributed by atoms with Crippen LogP contribution in [0.2, 0.25) is 5.02 Å². The van der Waals surface area contributed by atoms with E-state index in [-0.39, 0.29) is 28.3 Å². The number of aromatic nitrogens is 1. The average Bonchev–Trinajstić information content (AvgIpc) is 3.38. The zero-order valence-electron chi connectivity index (χ0n) is 17.7. The Morgan fingerprint density at radius 2 is 1.94 bits per heavy atom. The Bertz CT molecular complexity index is 1470. The number of amides is 1. The van der Waals surface area contributed by atoms with Crippen LogP contribution in [0.15, 0.2) is 60.8 Å². The summed E-state index contributed by atoms with van der Waals surface area (Å²) < 4.78 is 19.5. The van der Waals surface area contributed by atoms with Crippen molar-refractivity contribution in [3.63, 3.8) is 0 Å². The molecule has 0 aliphatic carbocycles. The zero-order chi connectivity index (χ0) is 24.2. The van der Waals surface area contributed by atoms with Crippen LogP contribution in [0.4, 0.5) is 10.1 Å². The summed E-state index contributed by atoms with van der Waals surface area (Å²) in [5.41, 5.74) is -2.39. The lowest BCUT2D eigenvalue weighted by atomic mass is 9.90. The highest BCUT2D eigenvalue weighted by Crippen LogP contribution is 2.51. The normalized spacial score (nSPS) is 17.3. The number of nitro benzene ring substituents is 1. The summed E-state index contributed by atoms with van der Waals surface area (Å²) in [7, 11) is 1.52. The number of ether oxygens (including phenoxy) is 1. The summed E-state index contributed by atoms with van der Waals surface area (Å²) in [6, 6.07) is 12.9. The first-order valence-corrected chi connectivity index (χ1v) is 10.5. The third kappa shape index (κ3) is 3.12. The number of aliphatic hydroxyl groups is 1. The lowest BCUT2D eigenvalue weighted by molar-refractivity contribution is -0.386. The van der Waals surface area contributed by atoms with Crippen LogP contribution in [-0.4, -0.2) is 32.9 Å². The summed E-state index contributed by atoms with van der Waals surface area (Å²) in [6.45, 7) is -0.135. The molecule has 0 spiro atoms. The quantitative estimate of drug-likeness (QED) is 0.316. The lowest BCUT2D eigenvalue weighted by Gasteiger charge is -2.35. The number of nitrogens with one attached hydrogen (secondary N) is 1. The van der Waals surface area contributed by atoms with Crippen LogP contribution < -0.4 is 4.74 Å². The van der Waals surface area contributed by atoms with Crippen molar-refractivity contribution >= 4 is 34.1 Å². The first kappa shape index (κ1) is 21.9. The molecule has 3 aromatic carbocycles. The van der Waals surface area contributed by atoms with E-state index in [1.165, 1.54) is 19.2 Å². The van der Waals surface area contributed by atoms with E-state index in [4.69, 9.17) is 16.3 Å². The van der Waals surface area contributed by atoms with Gasteiger partial charge in [0.25, 0.3) is 11.6 Å². The molecule has 1 amide bonds. The topological polar surface area (TPSA) is 109 Å². The Labute approximate surface area is 197 Å². The number of nitro groups is 1. The minimum atomic E-state index is -2.40. The van der Waals surface area contributed by atoms with Crippen molar-refractivity contribution in [3.8, 4) is 5.75 Å². The number of nitrogens with zero attached hydrogens (tertiary/aromatic N) is 2. The Kier molecular flexibility index (Phi) is 5.03. The van der Waals surface area contributed by atoms with Crippen molar-refractivity contribution in [2.75, 3.05) is 7.11 Å². The molecule has 5 rings (SSSR count). The maximum Gasteiger partial charge on any atom is 0.280 e. The SMILES string of the molecule is COc1ccc(CN2C(=O)c3c(c([N+](=O)[O-])cc4[nH]ccc34)C2(O)c2cc(F)ccc2Cl)cc1. The Morgan fingerprint density at radius 3 is 2.62 bits per heavy atom. The van der Waals surface area contributed by atoms with E-state index >= 15 is 0 Å². The van der Waals surface area contributed by atoms with Crippen LogP contribution in [0.5, 0.6) is 5.75 Å². The Morgan fingerprint density at radius 1 is 1.21 bits per heavy atom. The Balaban J connectivity index is 1.81. The molecular weight excluding hydrogens is 465 g/mol. The van der Waals surface area contributed by atoms with Crippen molar-refractivity contribution in [2.24, 2.45) is 0 Å². The van der Waals surface area contributed by atoms with Gasteiger partial charge in [-0.05, 0) is 42.0 Å². The standard InChI is InChI=1S/C24H17ClFN3O5/c1-34-15-5-2-13(3-6-15)12-28-23(30)21-16-8-9-27-19(16)11-20(29(32)33)22(21)24(28,31)17-10-14(26)4-7-18(17)25/h2-11,27,31H,12H2,1H3. The number of rotatable bonds is 5. The molecule has 0 saturated heterocycles. The number of hydrogen-bond acceptors (Lipinski definition) is 5. The molecule has 1 aliphatic heterocycles. The summed E-state index contributed by atoms with van der Waals surface area (Å²) >= 11 is 6.36. The van der Waals surface area contributed by atoms with E-state index in [0.29, 0.717) is 22.2 Å². The number of hydrogen-bond donors (Lipinski definition) is 2. The fourth-order valence-corrected chi connectivity index (χ4v) is 4.72. The molecule has 4 aromatic rings. The van der Waals surface area contributed by atoms with Crippen LogP contribution >= 0.6 is 11.6 Å². The maximum atomic E-state index is 14.3. The smallest absolute Gasteiger partial charge is 0.280 e. The van der Waals surface area contributed by atoms with Gasteiger partial charge in [-0.2, -0.15) is 0 Å². The number of H-pyrrole nitrogens is 1. The van der Waals surface area contributed by atoms with E-state index in [9.17, 15) is 24.4 Å². The number of fused-ring (bicyclic) bond motifs is 3. The fraction of sp³-hybridized carbons (Fsp3) is 0.125. The first-order chi connectivity index (χ1) is 16.3. The van der Waals surface area contributed by atoms with Gasteiger partial charge in [-0.3, -0.25) is 19.8 Å². The number of benzene rings is 3. The molecule has 0 saturated carbocycles. The van der Waals surface area contributed by atoms with Gasteiger partial charge in [0.2, 0.25) is 5.72 Å². The minimum absolute atomic E-state index is 0.0400. The number of carbonyl (C=O) groups excluding carboxylic acids is 1. The molecule has 10 heteroatoms. The highest BCUT2D eigenvalue weighted by molar-refractivity contribution is 6.31. The molecule has 1 atom stereocenters. The van der Waals surface area contributed by atoms with Gasteiger partial charge >= 0.3 is 0 Å². The molecule has 0 radical (unpaired) electrons. The van der Waals surface area contributed by atoms with Crippen LogP contribution in [-0.2, 0) is 12.3 Å². The van der Waals surface area contributed by atoms with E-state index in [1.54, 1.807) is 36.5 Å². The average molecular weight is 482 g/mol. The summed E-state index contributed by atoms with van der Waals surface area (Å²) in [5.74, 6) is -0.779. The highest BCUT2D eigenvalue weighted by atomic mass is 35.5. The predicted molar refractivity (Wildman–Crippen MR) is 122 cm³/mol. The summed E-state index contributed by atoms with van der Waals surface area (Å²) in [5, 5.41) is 24.6. The number of aromatic amines is 1. The maximum absolute atomic E-state index is 14.3. The zero-order valence-corrected chi connectivity index (χ0v) is 18.5. The van der Waals surface area contributed by atoms with Crippen molar-refractivity contribution in [1.29, 1.82) is 0 Å². The van der Waals surface area contributed by atoms with Gasteiger partial charge in [0.15, 0.2) is 0 Å². The van der Waals surface area contributed by atoms with Gasteiger partial charge in [-0.1, -0.05) is 23.7 Å². The van der Waals surface area contributed by atoms with Gasteiger partial charge in [0.1, 0.15) is 17.1 Å². The fourth-order valence-electron chi connectivity index (χ4n) is 4.47. The van der Waals surface area contributed by atoms with Gasteiger partial charge in [0.05, 0.1) is 23.1 Å².